The predicted molar refractivity (Wildman–Crippen MR) is 57.7 cm³/mol. The van der Waals surface area contributed by atoms with Gasteiger partial charge in [0, 0.05) is 4.47 Å². The molecule has 0 unspecified atom stereocenters. The fourth-order valence-corrected chi connectivity index (χ4v) is 1.27. The van der Waals surface area contributed by atoms with Gasteiger partial charge in [-0.2, -0.15) is 4.98 Å². The molecule has 0 bridgehead atoms. The van der Waals surface area contributed by atoms with E-state index in [1.807, 2.05) is 0 Å². The molecule has 82 valence electrons. The van der Waals surface area contributed by atoms with Crippen molar-refractivity contribution in [1.29, 1.82) is 0 Å². The molecule has 0 spiro atoms. The van der Waals surface area contributed by atoms with Crippen molar-refractivity contribution in [3.63, 3.8) is 0 Å². The van der Waals surface area contributed by atoms with Gasteiger partial charge in [0.1, 0.15) is 12.0 Å². The van der Waals surface area contributed by atoms with E-state index < -0.39 is 5.97 Å². The molecule has 0 aliphatic heterocycles. The molecule has 0 saturated carbocycles. The zero-order chi connectivity index (χ0) is 11.5. The Morgan fingerprint density at radius 2 is 2.06 bits per heavy atom. The van der Waals surface area contributed by atoms with Gasteiger partial charge in [0.15, 0.2) is 5.69 Å². The van der Waals surface area contributed by atoms with Crippen LogP contribution in [0.4, 0.5) is 0 Å². The number of oxazole rings is 1. The minimum Gasteiger partial charge on any atom is -0.476 e. The van der Waals surface area contributed by atoms with Gasteiger partial charge in [-0.05, 0) is 24.3 Å². The topological polar surface area (TPSA) is 72.6 Å². The number of ether oxygens (including phenoxy) is 1. The second-order valence-electron chi connectivity index (χ2n) is 2.86. The molecule has 0 amide bonds. The molecule has 1 aromatic heterocycles. The number of hydrogen-bond acceptors (Lipinski definition) is 4. The molecular formula is C10H6BrNO4. The van der Waals surface area contributed by atoms with E-state index in [-0.39, 0.29) is 11.8 Å². The number of aromatic carboxylic acids is 1. The highest BCUT2D eigenvalue weighted by Gasteiger charge is 2.11. The first-order valence-corrected chi connectivity index (χ1v) is 5.07. The molecule has 0 aliphatic carbocycles. The molecular weight excluding hydrogens is 278 g/mol. The number of carboxylic acids is 1. The summed E-state index contributed by atoms with van der Waals surface area (Å²) >= 11 is 3.28. The molecule has 0 radical (unpaired) electrons. The Labute approximate surface area is 98.8 Å². The highest BCUT2D eigenvalue weighted by molar-refractivity contribution is 9.10. The van der Waals surface area contributed by atoms with Crippen molar-refractivity contribution in [2.45, 2.75) is 0 Å². The van der Waals surface area contributed by atoms with Crippen molar-refractivity contribution in [2.24, 2.45) is 0 Å². The predicted octanol–water partition coefficient (Wildman–Crippen LogP) is 2.93. The van der Waals surface area contributed by atoms with Crippen LogP contribution in [0, 0.1) is 0 Å². The number of benzene rings is 1. The maximum atomic E-state index is 10.5. The number of carbonyl (C=O) groups is 1. The Kier molecular flexibility index (Phi) is 2.91. The van der Waals surface area contributed by atoms with Gasteiger partial charge in [0.05, 0.1) is 0 Å². The van der Waals surface area contributed by atoms with E-state index in [2.05, 4.69) is 20.9 Å². The summed E-state index contributed by atoms with van der Waals surface area (Å²) in [5.74, 6) is -0.642. The van der Waals surface area contributed by atoms with Gasteiger partial charge < -0.3 is 14.3 Å². The third kappa shape index (κ3) is 2.40. The third-order valence-electron chi connectivity index (χ3n) is 1.72. The van der Waals surface area contributed by atoms with Gasteiger partial charge in [0.25, 0.3) is 0 Å². The number of halogens is 1. The minimum atomic E-state index is -1.16. The third-order valence-corrected chi connectivity index (χ3v) is 2.25. The molecule has 5 nitrogen and oxygen atoms in total. The smallest absolute Gasteiger partial charge is 0.399 e. The summed E-state index contributed by atoms with van der Waals surface area (Å²) in [6.45, 7) is 0. The van der Waals surface area contributed by atoms with Gasteiger partial charge >= 0.3 is 12.0 Å². The summed E-state index contributed by atoms with van der Waals surface area (Å²) in [5.41, 5.74) is -0.188. The first kappa shape index (κ1) is 10.7. The van der Waals surface area contributed by atoms with E-state index in [0.717, 1.165) is 10.7 Å². The molecule has 0 atom stereocenters. The average molecular weight is 284 g/mol. The van der Waals surface area contributed by atoms with Gasteiger partial charge in [0.2, 0.25) is 0 Å². The number of nitrogens with zero attached hydrogens (tertiary/aromatic N) is 1. The quantitative estimate of drug-likeness (QED) is 0.938. The van der Waals surface area contributed by atoms with Crippen LogP contribution in [0.15, 0.2) is 39.4 Å². The Hall–Kier alpha value is -1.82. The summed E-state index contributed by atoms with van der Waals surface area (Å²) in [6.07, 6.45) is 0.927. The van der Waals surface area contributed by atoms with Crippen LogP contribution in [0.25, 0.3) is 0 Å². The Bertz CT molecular complexity index is 506. The van der Waals surface area contributed by atoms with Crippen LogP contribution >= 0.6 is 15.9 Å². The lowest BCUT2D eigenvalue weighted by Gasteiger charge is -1.99. The summed E-state index contributed by atoms with van der Waals surface area (Å²) in [6, 6.07) is 6.98. The van der Waals surface area contributed by atoms with E-state index in [4.69, 9.17) is 14.3 Å². The van der Waals surface area contributed by atoms with Crippen molar-refractivity contribution in [3.05, 3.63) is 40.7 Å². The summed E-state index contributed by atoms with van der Waals surface area (Å²) in [4.78, 5) is 14.2. The van der Waals surface area contributed by atoms with Crippen LogP contribution in [-0.4, -0.2) is 16.1 Å². The number of rotatable bonds is 3. The molecule has 16 heavy (non-hydrogen) atoms. The fourth-order valence-electron chi connectivity index (χ4n) is 1.01. The molecule has 0 fully saturated rings. The van der Waals surface area contributed by atoms with Crippen molar-refractivity contribution in [2.75, 3.05) is 0 Å². The molecule has 1 N–H and O–H groups in total. The second kappa shape index (κ2) is 4.36. The van der Waals surface area contributed by atoms with Crippen LogP contribution < -0.4 is 4.74 Å². The molecule has 0 aliphatic rings. The summed E-state index contributed by atoms with van der Waals surface area (Å²) < 4.78 is 11.0. The molecule has 0 saturated heterocycles. The number of carboxylic acid groups (broad SMARTS) is 1. The molecule has 6 heteroatoms. The van der Waals surface area contributed by atoms with Crippen molar-refractivity contribution < 1.29 is 19.1 Å². The zero-order valence-corrected chi connectivity index (χ0v) is 9.47. The van der Waals surface area contributed by atoms with E-state index in [9.17, 15) is 4.79 Å². The van der Waals surface area contributed by atoms with E-state index >= 15 is 0 Å². The molecule has 1 heterocycles. The first-order valence-electron chi connectivity index (χ1n) is 4.27. The lowest BCUT2D eigenvalue weighted by atomic mass is 10.3. The highest BCUT2D eigenvalue weighted by atomic mass is 79.9. The number of hydrogen-bond donors (Lipinski definition) is 1. The van der Waals surface area contributed by atoms with E-state index in [1.165, 1.54) is 0 Å². The van der Waals surface area contributed by atoms with Crippen molar-refractivity contribution >= 4 is 21.9 Å². The maximum Gasteiger partial charge on any atom is 0.399 e. The average Bonchev–Trinajstić information content (AvgIpc) is 2.70. The van der Waals surface area contributed by atoms with Gasteiger partial charge in [-0.3, -0.25) is 0 Å². The standard InChI is InChI=1S/C10H6BrNO4/c11-6-1-3-7(4-2-6)16-10-12-8(5-15-10)9(13)14/h1-5H,(H,13,14). The van der Waals surface area contributed by atoms with Crippen molar-refractivity contribution in [1.82, 2.24) is 4.98 Å². The van der Waals surface area contributed by atoms with Crippen LogP contribution in [0.3, 0.4) is 0 Å². The van der Waals surface area contributed by atoms with Gasteiger partial charge in [-0.15, -0.1) is 0 Å². The van der Waals surface area contributed by atoms with Gasteiger partial charge in [-0.25, -0.2) is 4.79 Å². The Balaban J connectivity index is 2.14. The minimum absolute atomic E-state index is 0.0975. The van der Waals surface area contributed by atoms with Crippen molar-refractivity contribution in [3.8, 4) is 11.8 Å². The second-order valence-corrected chi connectivity index (χ2v) is 3.78. The maximum absolute atomic E-state index is 10.5. The van der Waals surface area contributed by atoms with Crippen LogP contribution in [0.2, 0.25) is 0 Å². The monoisotopic (exact) mass is 283 g/mol. The summed E-state index contributed by atoms with van der Waals surface area (Å²) in [5, 5.41) is 8.62. The SMILES string of the molecule is O=C(O)c1coc(Oc2ccc(Br)cc2)n1. The first-order chi connectivity index (χ1) is 7.65. The molecule has 2 rings (SSSR count). The summed E-state index contributed by atoms with van der Waals surface area (Å²) in [7, 11) is 0. The van der Waals surface area contributed by atoms with E-state index in [1.54, 1.807) is 24.3 Å². The normalized spacial score (nSPS) is 10.1. The Morgan fingerprint density at radius 1 is 1.38 bits per heavy atom. The molecule has 2 aromatic rings. The highest BCUT2D eigenvalue weighted by Crippen LogP contribution is 2.22. The van der Waals surface area contributed by atoms with Crippen LogP contribution in [0.1, 0.15) is 10.5 Å². The molecule has 1 aromatic carbocycles. The van der Waals surface area contributed by atoms with Crippen LogP contribution in [-0.2, 0) is 0 Å². The Morgan fingerprint density at radius 3 is 2.62 bits per heavy atom. The van der Waals surface area contributed by atoms with Crippen LogP contribution in [0.5, 0.6) is 11.8 Å². The fraction of sp³-hybridized carbons (Fsp3) is 0. The largest absolute Gasteiger partial charge is 0.476 e. The zero-order valence-electron chi connectivity index (χ0n) is 7.88. The lowest BCUT2D eigenvalue weighted by Crippen LogP contribution is -1.95. The lowest BCUT2D eigenvalue weighted by molar-refractivity contribution is 0.0690. The van der Waals surface area contributed by atoms with E-state index in [0.29, 0.717) is 5.75 Å². The van der Waals surface area contributed by atoms with Gasteiger partial charge in [-0.1, -0.05) is 15.9 Å². The number of aromatic nitrogens is 1.